The van der Waals surface area contributed by atoms with Crippen LogP contribution in [-0.4, -0.2) is 31.6 Å². The molecule has 9 heteroatoms. The lowest BCUT2D eigenvalue weighted by Gasteiger charge is -2.37. The molecule has 1 atom stereocenters. The molecule has 1 amide bonds. The number of ketones is 1. The highest BCUT2D eigenvalue weighted by Crippen LogP contribution is 2.54. The van der Waals surface area contributed by atoms with E-state index in [2.05, 4.69) is 0 Å². The van der Waals surface area contributed by atoms with Crippen LogP contribution in [0.2, 0.25) is 0 Å². The third-order valence-electron chi connectivity index (χ3n) is 8.06. The average Bonchev–Trinajstić information content (AvgIpc) is 3.43. The van der Waals surface area contributed by atoms with Gasteiger partial charge in [0.2, 0.25) is 0 Å². The molecule has 1 N–H and O–H groups in total. The van der Waals surface area contributed by atoms with Gasteiger partial charge in [0.1, 0.15) is 11.6 Å². The van der Waals surface area contributed by atoms with E-state index in [0.29, 0.717) is 16.8 Å². The number of carbonyl (C=O) groups is 2. The summed E-state index contributed by atoms with van der Waals surface area (Å²) in [4.78, 5) is 61.6. The van der Waals surface area contributed by atoms with Gasteiger partial charge >= 0.3 is 11.6 Å². The van der Waals surface area contributed by atoms with Gasteiger partial charge in [-0.25, -0.2) is 9.79 Å². The summed E-state index contributed by atoms with van der Waals surface area (Å²) in [5.41, 5.74) is 0.407. The number of anilines is 1. The summed E-state index contributed by atoms with van der Waals surface area (Å²) in [5.74, 6) is -2.35. The summed E-state index contributed by atoms with van der Waals surface area (Å²) in [6.07, 6.45) is 0. The molecule has 42 heavy (non-hydrogen) atoms. The molecule has 9 nitrogen and oxygen atoms in total. The second-order valence-electron chi connectivity index (χ2n) is 10.8. The van der Waals surface area contributed by atoms with Crippen LogP contribution in [0, 0.1) is 20.8 Å². The molecule has 0 bridgehead atoms. The van der Waals surface area contributed by atoms with E-state index in [1.807, 2.05) is 32.9 Å². The molecule has 0 radical (unpaired) electrons. The van der Waals surface area contributed by atoms with Gasteiger partial charge in [-0.3, -0.25) is 28.4 Å². The molecule has 1 fully saturated rings. The largest absolute Gasteiger partial charge is 0.507 e. The molecule has 4 aromatic rings. The van der Waals surface area contributed by atoms with E-state index < -0.39 is 34.2 Å². The predicted molar refractivity (Wildman–Crippen MR) is 160 cm³/mol. The van der Waals surface area contributed by atoms with Crippen molar-refractivity contribution >= 4 is 34.7 Å². The van der Waals surface area contributed by atoms with Crippen LogP contribution >= 0.6 is 0 Å². The molecular formula is C33H28N4O5. The predicted octanol–water partition coefficient (Wildman–Crippen LogP) is 3.92. The molecule has 0 saturated carbocycles. The first kappa shape index (κ1) is 26.9. The van der Waals surface area contributed by atoms with Crippen LogP contribution < -0.4 is 16.1 Å². The van der Waals surface area contributed by atoms with Crippen LogP contribution in [0.15, 0.2) is 93.0 Å². The van der Waals surface area contributed by atoms with Crippen molar-refractivity contribution < 1.29 is 14.7 Å². The van der Waals surface area contributed by atoms with Crippen LogP contribution in [0.5, 0.6) is 0 Å². The highest BCUT2D eigenvalue weighted by atomic mass is 16.3. The smallest absolute Gasteiger partial charge is 0.332 e. The van der Waals surface area contributed by atoms with Gasteiger partial charge in [-0.15, -0.1) is 0 Å². The highest BCUT2D eigenvalue weighted by molar-refractivity contribution is 6.55. The maximum absolute atomic E-state index is 14.1. The van der Waals surface area contributed by atoms with Crippen molar-refractivity contribution in [2.75, 3.05) is 4.90 Å². The Bertz CT molecular complexity index is 2000. The number of amides is 1. The standard InChI is InChI=1S/C33H28N4O5/c1-18-6-12-21(13-7-18)26(38)24-27(39)31(41)37(23-16-10-20(3)11-17-23)33(24)25-29(35(4)32(42)36(5)30(25)40)34-28(33)22-14-8-19(2)9-15-22/h6-17,38H,1-5H3. The van der Waals surface area contributed by atoms with E-state index in [9.17, 15) is 24.3 Å². The third-order valence-corrected chi connectivity index (χ3v) is 8.06. The van der Waals surface area contributed by atoms with Crippen LogP contribution in [0.3, 0.4) is 0 Å². The minimum Gasteiger partial charge on any atom is -0.507 e. The summed E-state index contributed by atoms with van der Waals surface area (Å²) >= 11 is 0. The number of benzene rings is 3. The number of hydrogen-bond donors (Lipinski definition) is 1. The Hall–Kier alpha value is -5.31. The number of aliphatic imine (C=N–C) groups is 1. The summed E-state index contributed by atoms with van der Waals surface area (Å²) in [6, 6.07) is 21.1. The number of aliphatic hydroxyl groups is 1. The van der Waals surface area contributed by atoms with Crippen molar-refractivity contribution in [2.24, 2.45) is 19.1 Å². The number of aromatic nitrogens is 2. The van der Waals surface area contributed by atoms with E-state index in [4.69, 9.17) is 4.99 Å². The van der Waals surface area contributed by atoms with E-state index in [1.165, 1.54) is 23.6 Å². The fourth-order valence-corrected chi connectivity index (χ4v) is 5.81. The van der Waals surface area contributed by atoms with Crippen LogP contribution in [-0.2, 0) is 29.2 Å². The summed E-state index contributed by atoms with van der Waals surface area (Å²) < 4.78 is 2.15. The van der Waals surface area contributed by atoms with Gasteiger partial charge in [-0.2, -0.15) is 0 Å². The summed E-state index contributed by atoms with van der Waals surface area (Å²) in [5, 5.41) is 11.9. The number of fused-ring (bicyclic) bond motifs is 2. The van der Waals surface area contributed by atoms with Crippen LogP contribution in [0.1, 0.15) is 33.4 Å². The molecule has 3 aromatic carbocycles. The van der Waals surface area contributed by atoms with Gasteiger partial charge in [0, 0.05) is 25.3 Å². The van der Waals surface area contributed by atoms with Gasteiger partial charge < -0.3 is 5.11 Å². The van der Waals surface area contributed by atoms with Crippen molar-refractivity contribution in [3.05, 3.63) is 133 Å². The molecule has 0 aliphatic carbocycles. The van der Waals surface area contributed by atoms with Gasteiger partial charge in [0.25, 0.3) is 11.3 Å². The fourth-order valence-electron chi connectivity index (χ4n) is 5.81. The third kappa shape index (κ3) is 3.59. The van der Waals surface area contributed by atoms with Gasteiger partial charge in [0.05, 0.1) is 16.8 Å². The number of Topliss-reactive ketones (excluding diaryl/α,β-unsaturated/α-hetero) is 1. The Morgan fingerprint density at radius 3 is 1.83 bits per heavy atom. The Labute approximate surface area is 241 Å². The van der Waals surface area contributed by atoms with Gasteiger partial charge in [0.15, 0.2) is 5.54 Å². The van der Waals surface area contributed by atoms with Crippen molar-refractivity contribution in [1.29, 1.82) is 0 Å². The second-order valence-corrected chi connectivity index (χ2v) is 10.8. The number of carbonyl (C=O) groups excluding carboxylic acids is 2. The number of aliphatic hydroxyl groups excluding tert-OH is 1. The minimum atomic E-state index is -1.98. The first-order valence-electron chi connectivity index (χ1n) is 13.4. The zero-order valence-corrected chi connectivity index (χ0v) is 23.8. The first-order chi connectivity index (χ1) is 20.0. The molecule has 1 saturated heterocycles. The second kappa shape index (κ2) is 9.37. The molecule has 1 aromatic heterocycles. The topological polar surface area (TPSA) is 114 Å². The number of aryl methyl sites for hydroxylation is 3. The van der Waals surface area contributed by atoms with E-state index >= 15 is 0 Å². The minimum absolute atomic E-state index is 0.00694. The van der Waals surface area contributed by atoms with Crippen molar-refractivity contribution in [1.82, 2.24) is 9.13 Å². The highest BCUT2D eigenvalue weighted by Gasteiger charge is 2.66. The molecule has 3 heterocycles. The van der Waals surface area contributed by atoms with E-state index in [1.54, 1.807) is 60.7 Å². The maximum Gasteiger partial charge on any atom is 0.332 e. The molecular weight excluding hydrogens is 532 g/mol. The normalized spacial score (nSPS) is 19.0. The molecule has 210 valence electrons. The lowest BCUT2D eigenvalue weighted by Crippen LogP contribution is -2.54. The Morgan fingerprint density at radius 2 is 1.26 bits per heavy atom. The lowest BCUT2D eigenvalue weighted by atomic mass is 9.76. The molecule has 2 aliphatic heterocycles. The number of nitrogens with zero attached hydrogens (tertiary/aromatic N) is 4. The van der Waals surface area contributed by atoms with Crippen molar-refractivity contribution in [3.8, 4) is 0 Å². The van der Waals surface area contributed by atoms with Gasteiger partial charge in [-0.05, 0) is 38.5 Å². The summed E-state index contributed by atoms with van der Waals surface area (Å²) in [6.45, 7) is 5.69. The molecule has 1 spiro atoms. The van der Waals surface area contributed by atoms with E-state index in [0.717, 1.165) is 21.3 Å². The average molecular weight is 561 g/mol. The zero-order chi connectivity index (χ0) is 30.1. The van der Waals surface area contributed by atoms with Crippen molar-refractivity contribution in [3.63, 3.8) is 0 Å². The molecule has 6 rings (SSSR count). The Morgan fingerprint density at radius 1 is 0.738 bits per heavy atom. The quantitative estimate of drug-likeness (QED) is 0.232. The first-order valence-corrected chi connectivity index (χ1v) is 13.4. The fraction of sp³-hybridized carbons (Fsp3) is 0.182. The number of hydrogen-bond acceptors (Lipinski definition) is 6. The summed E-state index contributed by atoms with van der Waals surface area (Å²) in [7, 11) is 2.81. The molecule has 1 unspecified atom stereocenters. The van der Waals surface area contributed by atoms with Crippen molar-refractivity contribution in [2.45, 2.75) is 26.3 Å². The molecule has 2 aliphatic rings. The maximum atomic E-state index is 14.1. The Balaban J connectivity index is 1.85. The SMILES string of the molecule is Cc1ccc(C2=Nc3c(c(=O)n(C)c(=O)n3C)C23C(=C(O)c2ccc(C)cc2)C(=O)C(=O)N3c2ccc(C)cc2)cc1. The monoisotopic (exact) mass is 560 g/mol. The lowest BCUT2D eigenvalue weighted by molar-refractivity contribution is -0.132. The Kier molecular flexibility index (Phi) is 6.00. The van der Waals surface area contributed by atoms with Gasteiger partial charge in [-0.1, -0.05) is 77.4 Å². The van der Waals surface area contributed by atoms with Crippen LogP contribution in [0.25, 0.3) is 5.76 Å². The zero-order valence-electron chi connectivity index (χ0n) is 23.8. The van der Waals surface area contributed by atoms with E-state index in [-0.39, 0.29) is 22.7 Å². The number of rotatable bonds is 3. The van der Waals surface area contributed by atoms with Crippen LogP contribution in [0.4, 0.5) is 11.5 Å².